The summed E-state index contributed by atoms with van der Waals surface area (Å²) >= 11 is 2.12. The molecule has 0 aromatic rings. The van der Waals surface area contributed by atoms with E-state index >= 15 is 0 Å². The molecular formula is C22H42N4O10S2. The molecule has 2 fully saturated rings. The van der Waals surface area contributed by atoms with Gasteiger partial charge in [0, 0.05) is 62.6 Å². The Morgan fingerprint density at radius 1 is 0.632 bits per heavy atom. The van der Waals surface area contributed by atoms with Gasteiger partial charge in [-0.25, -0.2) is 0 Å². The van der Waals surface area contributed by atoms with Crippen LogP contribution in [0.15, 0.2) is 0 Å². The van der Waals surface area contributed by atoms with Crippen LogP contribution in [-0.2, 0) is 9.59 Å². The van der Waals surface area contributed by atoms with Crippen molar-refractivity contribution in [2.24, 2.45) is 5.73 Å². The summed E-state index contributed by atoms with van der Waals surface area (Å²) in [6.45, 7) is 1.46. The highest BCUT2D eigenvalue weighted by Crippen LogP contribution is 2.35. The highest BCUT2D eigenvalue weighted by atomic mass is 32.2. The van der Waals surface area contributed by atoms with Crippen LogP contribution in [0.25, 0.3) is 0 Å². The molecule has 38 heavy (non-hydrogen) atoms. The lowest BCUT2D eigenvalue weighted by molar-refractivity contribution is -0.123. The van der Waals surface area contributed by atoms with Gasteiger partial charge in [0.15, 0.2) is 0 Å². The lowest BCUT2D eigenvalue weighted by atomic mass is 9.99. The third-order valence-electron chi connectivity index (χ3n) is 6.70. The van der Waals surface area contributed by atoms with E-state index in [2.05, 4.69) is 10.6 Å². The minimum atomic E-state index is -1.45. The van der Waals surface area contributed by atoms with Crippen molar-refractivity contribution in [2.75, 3.05) is 52.5 Å². The van der Waals surface area contributed by atoms with Crippen LogP contribution in [0.3, 0.4) is 0 Å². The average molecular weight is 587 g/mol. The first-order valence-electron chi connectivity index (χ1n) is 12.6. The van der Waals surface area contributed by atoms with Gasteiger partial charge in [0.25, 0.3) is 0 Å². The number of hydrogen-bond acceptors (Lipinski definition) is 14. The van der Waals surface area contributed by atoms with E-state index in [4.69, 9.17) is 5.73 Å². The molecule has 0 saturated carbocycles. The van der Waals surface area contributed by atoms with Crippen LogP contribution < -0.4 is 16.4 Å². The van der Waals surface area contributed by atoms with Crippen molar-refractivity contribution in [1.29, 1.82) is 0 Å². The number of thioether (sulfide) groups is 2. The van der Waals surface area contributed by atoms with E-state index in [1.54, 1.807) is 0 Å². The maximum atomic E-state index is 12.4. The minimum Gasteiger partial charge on any atom is -0.395 e. The van der Waals surface area contributed by atoms with Crippen LogP contribution in [0.1, 0.15) is 12.8 Å². The average Bonchev–Trinajstić information content (AvgIpc) is 2.89. The van der Waals surface area contributed by atoms with E-state index in [1.807, 2.05) is 4.90 Å². The van der Waals surface area contributed by atoms with Gasteiger partial charge in [-0.15, -0.1) is 23.5 Å². The number of nitrogens with zero attached hydrogens (tertiary/aromatic N) is 1. The Morgan fingerprint density at radius 3 is 1.34 bits per heavy atom. The molecule has 16 heteroatoms. The van der Waals surface area contributed by atoms with E-state index < -0.39 is 70.8 Å². The van der Waals surface area contributed by atoms with E-state index in [-0.39, 0.29) is 37.7 Å². The second kappa shape index (κ2) is 16.5. The van der Waals surface area contributed by atoms with Crippen LogP contribution >= 0.6 is 23.5 Å². The van der Waals surface area contributed by atoms with Gasteiger partial charge in [0.2, 0.25) is 11.8 Å². The van der Waals surface area contributed by atoms with Crippen molar-refractivity contribution < 1.29 is 50.4 Å². The van der Waals surface area contributed by atoms with Gasteiger partial charge >= 0.3 is 0 Å². The molecule has 222 valence electrons. The van der Waals surface area contributed by atoms with Gasteiger partial charge in [-0.05, 0) is 0 Å². The lowest BCUT2D eigenvalue weighted by Crippen LogP contribution is -2.55. The Bertz CT molecular complexity index is 684. The van der Waals surface area contributed by atoms with Crippen molar-refractivity contribution in [3.8, 4) is 0 Å². The van der Waals surface area contributed by atoms with Gasteiger partial charge in [-0.1, -0.05) is 0 Å². The monoisotopic (exact) mass is 586 g/mol. The number of carbonyl (C=O) groups excluding carboxylic acids is 2. The van der Waals surface area contributed by atoms with Crippen molar-refractivity contribution >= 4 is 35.3 Å². The summed E-state index contributed by atoms with van der Waals surface area (Å²) in [7, 11) is 0. The first-order chi connectivity index (χ1) is 18.0. The Labute approximate surface area is 230 Å². The predicted molar refractivity (Wildman–Crippen MR) is 141 cm³/mol. The SMILES string of the molecule is NCCN(CCNC(=O)C[C@H]1S[C@@H](CO)[C@H](O)[C@H](O)[C@H]1O)CCNC(=O)C[C@H]1S[C@@H](CO)[C@H](O)[C@H](O)[C@H]1O. The van der Waals surface area contributed by atoms with Crippen molar-refractivity contribution in [2.45, 2.75) is 70.5 Å². The van der Waals surface area contributed by atoms with E-state index in [1.165, 1.54) is 0 Å². The topological polar surface area (TPSA) is 249 Å². The largest absolute Gasteiger partial charge is 0.395 e. The summed E-state index contributed by atoms with van der Waals surface area (Å²) < 4.78 is 0. The summed E-state index contributed by atoms with van der Waals surface area (Å²) in [5.41, 5.74) is 5.66. The Kier molecular flexibility index (Phi) is 14.5. The molecule has 2 aliphatic heterocycles. The smallest absolute Gasteiger partial charge is 0.221 e. The highest BCUT2D eigenvalue weighted by molar-refractivity contribution is 8.01. The molecule has 0 spiro atoms. The highest BCUT2D eigenvalue weighted by Gasteiger charge is 2.44. The summed E-state index contributed by atoms with van der Waals surface area (Å²) in [4.78, 5) is 26.7. The van der Waals surface area contributed by atoms with Crippen molar-refractivity contribution in [3.05, 3.63) is 0 Å². The van der Waals surface area contributed by atoms with Gasteiger partial charge in [0.1, 0.15) is 12.2 Å². The third kappa shape index (κ3) is 9.42. The molecule has 0 bridgehead atoms. The van der Waals surface area contributed by atoms with Crippen LogP contribution in [0.5, 0.6) is 0 Å². The Morgan fingerprint density at radius 2 is 1.00 bits per heavy atom. The fraction of sp³-hybridized carbons (Fsp3) is 0.909. The number of amides is 2. The molecule has 0 aliphatic carbocycles. The van der Waals surface area contributed by atoms with Crippen LogP contribution in [0, 0.1) is 0 Å². The standard InChI is InChI=1S/C22H42N4O10S2/c23-1-4-26(5-2-24-15(29)7-11-17(31)21(35)19(33)13(9-27)37-11)6-3-25-16(30)8-12-18(32)22(36)20(34)14(10-28)38-12/h11-14,17-22,27-28,31-36H,1-10,23H2,(H,24,29)(H,25,30)/t11-,12-,13+,14+,17+,18+,19+,20+,21-,22-/m1/s1. The molecule has 0 unspecified atom stereocenters. The third-order valence-corrected chi connectivity index (χ3v) is 9.85. The maximum Gasteiger partial charge on any atom is 0.221 e. The normalized spacial score (nSPS) is 35.7. The molecule has 2 heterocycles. The molecular weight excluding hydrogens is 544 g/mol. The number of rotatable bonds is 14. The van der Waals surface area contributed by atoms with Crippen molar-refractivity contribution in [1.82, 2.24) is 15.5 Å². The zero-order chi connectivity index (χ0) is 28.4. The van der Waals surface area contributed by atoms with Gasteiger partial charge in [0.05, 0.1) is 48.1 Å². The number of aliphatic hydroxyl groups excluding tert-OH is 8. The number of nitrogens with one attached hydrogen (secondary N) is 2. The Hall–Kier alpha value is -0.760. The molecule has 2 aliphatic rings. The minimum absolute atomic E-state index is 0.104. The molecule has 2 rings (SSSR count). The molecule has 0 aromatic carbocycles. The fourth-order valence-corrected chi connectivity index (χ4v) is 7.28. The molecule has 2 amide bonds. The van der Waals surface area contributed by atoms with Crippen LogP contribution in [0.2, 0.25) is 0 Å². The zero-order valence-corrected chi connectivity index (χ0v) is 22.7. The summed E-state index contributed by atoms with van der Waals surface area (Å²) in [5, 5.41) is 81.4. The molecule has 2 saturated heterocycles. The summed E-state index contributed by atoms with van der Waals surface area (Å²) in [6.07, 6.45) is -8.29. The number of carbonyl (C=O) groups is 2. The number of hydrogen-bond donors (Lipinski definition) is 11. The second-order valence-electron chi connectivity index (χ2n) is 9.47. The Balaban J connectivity index is 1.72. The van der Waals surface area contributed by atoms with E-state index in [0.29, 0.717) is 26.2 Å². The molecule has 0 aromatic heterocycles. The van der Waals surface area contributed by atoms with E-state index in [9.17, 15) is 50.4 Å². The molecule has 0 radical (unpaired) electrons. The number of aliphatic hydroxyl groups is 8. The van der Waals surface area contributed by atoms with Gasteiger partial charge in [-0.2, -0.15) is 0 Å². The molecule has 14 nitrogen and oxygen atoms in total. The van der Waals surface area contributed by atoms with Crippen LogP contribution in [0.4, 0.5) is 0 Å². The molecule has 10 atom stereocenters. The first-order valence-corrected chi connectivity index (χ1v) is 14.5. The maximum absolute atomic E-state index is 12.4. The lowest BCUT2D eigenvalue weighted by Gasteiger charge is -2.39. The van der Waals surface area contributed by atoms with Gasteiger partial charge < -0.3 is 57.2 Å². The quantitative estimate of drug-likeness (QED) is 0.0908. The first kappa shape index (κ1) is 33.4. The summed E-state index contributed by atoms with van der Waals surface area (Å²) in [5.74, 6) is -0.722. The fourth-order valence-electron chi connectivity index (χ4n) is 4.43. The van der Waals surface area contributed by atoms with E-state index in [0.717, 1.165) is 23.5 Å². The summed E-state index contributed by atoms with van der Waals surface area (Å²) in [6, 6.07) is 0. The predicted octanol–water partition coefficient (Wildman–Crippen LogP) is -5.62. The second-order valence-corrected chi connectivity index (χ2v) is 12.4. The van der Waals surface area contributed by atoms with Crippen LogP contribution in [-0.4, -0.2) is 168 Å². The van der Waals surface area contributed by atoms with Gasteiger partial charge in [-0.3, -0.25) is 14.5 Å². The number of nitrogens with two attached hydrogens (primary N) is 1. The zero-order valence-electron chi connectivity index (χ0n) is 21.1. The van der Waals surface area contributed by atoms with Crippen molar-refractivity contribution in [3.63, 3.8) is 0 Å². The molecule has 12 N–H and O–H groups in total.